The van der Waals surface area contributed by atoms with Crippen molar-refractivity contribution in [2.24, 2.45) is 57.2 Å². The number of ketones is 2. The van der Waals surface area contributed by atoms with Crippen LogP contribution in [-0.2, 0) is 19.1 Å². The number of carbonyl (C=O) groups is 3. The van der Waals surface area contributed by atoms with Crippen molar-refractivity contribution in [1.82, 2.24) is 0 Å². The highest BCUT2D eigenvalue weighted by Crippen LogP contribution is 2.87. The van der Waals surface area contributed by atoms with Crippen molar-refractivity contribution in [2.45, 2.75) is 92.3 Å². The van der Waals surface area contributed by atoms with E-state index in [0.717, 1.165) is 38.5 Å². The minimum atomic E-state index is -1.27. The molecule has 4 saturated carbocycles. The molecule has 0 heterocycles. The second-order valence-electron chi connectivity index (χ2n) is 14.1. The minimum absolute atomic E-state index is 0.0714. The highest BCUT2D eigenvalue weighted by Gasteiger charge is 2.81. The minimum Gasteiger partial charge on any atom is -0.462 e. The Morgan fingerprint density at radius 2 is 1.87 bits per heavy atom. The maximum atomic E-state index is 13.2. The fraction of sp³-hybridized carbons (Fsp3) is 0.781. The van der Waals surface area contributed by atoms with Gasteiger partial charge in [-0.1, -0.05) is 47.3 Å². The Morgan fingerprint density at radius 1 is 1.18 bits per heavy atom. The van der Waals surface area contributed by atoms with Crippen molar-refractivity contribution in [2.75, 3.05) is 6.61 Å². The summed E-state index contributed by atoms with van der Waals surface area (Å²) < 4.78 is 6.01. The molecule has 0 aromatic rings. The highest BCUT2D eigenvalue weighted by molar-refractivity contribution is 5.98. The van der Waals surface area contributed by atoms with Crippen molar-refractivity contribution in [3.63, 3.8) is 0 Å². The monoisotopic (exact) mass is 526 g/mol. The van der Waals surface area contributed by atoms with Gasteiger partial charge < -0.3 is 14.9 Å². The molecule has 5 aliphatic carbocycles. The first-order valence-electron chi connectivity index (χ1n) is 14.6. The number of carbonyl (C=O) groups excluding carboxylic acids is 3. The van der Waals surface area contributed by atoms with Crippen LogP contribution >= 0.6 is 0 Å². The molecular formula is C32H46O6. The number of Topliss-reactive ketones (excluding diaryl/α,β-unsaturated/α-hetero) is 1. The zero-order valence-corrected chi connectivity index (χ0v) is 24.0. The first-order chi connectivity index (χ1) is 17.7. The molecule has 12 atom stereocenters. The van der Waals surface area contributed by atoms with Crippen molar-refractivity contribution >= 4 is 17.5 Å². The summed E-state index contributed by atoms with van der Waals surface area (Å²) in [6.07, 6.45) is 8.39. The molecule has 38 heavy (non-hydrogen) atoms. The summed E-state index contributed by atoms with van der Waals surface area (Å²) in [7, 11) is 0. The van der Waals surface area contributed by atoms with Gasteiger partial charge in [0, 0.05) is 31.3 Å². The zero-order chi connectivity index (χ0) is 28.0. The molecule has 6 heteroatoms. The van der Waals surface area contributed by atoms with Crippen LogP contribution < -0.4 is 0 Å². The summed E-state index contributed by atoms with van der Waals surface area (Å²) in [5, 5.41) is 20.9. The number of aliphatic hydroxyl groups excluding tert-OH is 2. The lowest BCUT2D eigenvalue weighted by atomic mass is 9.43. The molecule has 3 unspecified atom stereocenters. The zero-order valence-electron chi connectivity index (χ0n) is 24.0. The number of fused-ring (bicyclic) bond motifs is 2. The molecular weight excluding hydrogens is 480 g/mol. The van der Waals surface area contributed by atoms with E-state index in [1.54, 1.807) is 6.92 Å². The van der Waals surface area contributed by atoms with E-state index < -0.39 is 23.7 Å². The maximum absolute atomic E-state index is 13.2. The lowest BCUT2D eigenvalue weighted by Crippen LogP contribution is -2.56. The van der Waals surface area contributed by atoms with Gasteiger partial charge >= 0.3 is 5.97 Å². The summed E-state index contributed by atoms with van der Waals surface area (Å²) in [6.45, 7) is 15.5. The van der Waals surface area contributed by atoms with E-state index in [0.29, 0.717) is 11.8 Å². The van der Waals surface area contributed by atoms with Gasteiger partial charge in [0.25, 0.3) is 0 Å². The van der Waals surface area contributed by atoms with Gasteiger partial charge in [0.05, 0.1) is 0 Å². The van der Waals surface area contributed by atoms with Gasteiger partial charge in [-0.05, 0) is 89.6 Å². The molecule has 0 aliphatic heterocycles. The summed E-state index contributed by atoms with van der Waals surface area (Å²) in [6, 6.07) is 0. The third-order valence-corrected chi connectivity index (χ3v) is 12.9. The van der Waals surface area contributed by atoms with Crippen LogP contribution in [0.25, 0.3) is 0 Å². The predicted octanol–water partition coefficient (Wildman–Crippen LogP) is 4.67. The lowest BCUT2D eigenvalue weighted by Gasteiger charge is -2.61. The van der Waals surface area contributed by atoms with Crippen LogP contribution in [0.1, 0.15) is 80.1 Å². The molecule has 0 saturated heterocycles. The van der Waals surface area contributed by atoms with Crippen LogP contribution in [0.2, 0.25) is 0 Å². The Balaban J connectivity index is 1.50. The Hall–Kier alpha value is -1.79. The molecule has 0 bridgehead atoms. The number of allylic oxidation sites excluding steroid dienone is 2. The standard InChI is InChI=1S/C32H46O6/c1-17(15-33)18(2)27(36)28(37)20(4)26-24(38-21(5)34)14-30(7)25-9-8-22-19(3)23(35)10-11-31(22)16-32(25,31)13-12-29(26,30)6/h10-11,17,19-20,22,24-26,28,33,37H,2,8-9,12-16H2,1,3-7H3/t17-,19-,20?,22-,24-,25-,26-,28+,29+,30-,31?,32?/m0/s1. The predicted molar refractivity (Wildman–Crippen MR) is 144 cm³/mol. The van der Waals surface area contributed by atoms with Crippen molar-refractivity contribution in [1.29, 1.82) is 0 Å². The third kappa shape index (κ3) is 3.41. The van der Waals surface area contributed by atoms with E-state index in [1.807, 2.05) is 13.0 Å². The van der Waals surface area contributed by atoms with Gasteiger partial charge in [0.2, 0.25) is 0 Å². The molecule has 0 radical (unpaired) electrons. The van der Waals surface area contributed by atoms with Crippen molar-refractivity contribution in [3.05, 3.63) is 24.3 Å². The van der Waals surface area contributed by atoms with Gasteiger partial charge in [-0.15, -0.1) is 0 Å². The number of aliphatic hydroxyl groups is 2. The summed E-state index contributed by atoms with van der Waals surface area (Å²) in [5.41, 5.74) is 0.144. The average molecular weight is 527 g/mol. The van der Waals surface area contributed by atoms with E-state index >= 15 is 0 Å². The summed E-state index contributed by atoms with van der Waals surface area (Å²) >= 11 is 0. The third-order valence-electron chi connectivity index (χ3n) is 12.9. The highest BCUT2D eigenvalue weighted by atomic mass is 16.5. The lowest BCUT2D eigenvalue weighted by molar-refractivity contribution is -0.154. The van der Waals surface area contributed by atoms with E-state index in [1.165, 1.54) is 6.92 Å². The van der Waals surface area contributed by atoms with Crippen molar-refractivity contribution in [3.8, 4) is 0 Å². The first-order valence-corrected chi connectivity index (χ1v) is 14.6. The quantitative estimate of drug-likeness (QED) is 0.369. The fourth-order valence-electron chi connectivity index (χ4n) is 10.6. The molecule has 2 N–H and O–H groups in total. The van der Waals surface area contributed by atoms with E-state index in [-0.39, 0.29) is 63.5 Å². The number of esters is 1. The Bertz CT molecular complexity index is 1090. The number of rotatable bonds is 7. The van der Waals surface area contributed by atoms with Crippen LogP contribution in [0.3, 0.4) is 0 Å². The molecule has 6 nitrogen and oxygen atoms in total. The van der Waals surface area contributed by atoms with E-state index in [4.69, 9.17) is 4.74 Å². The molecule has 0 amide bonds. The van der Waals surface area contributed by atoms with Crippen molar-refractivity contribution < 1.29 is 29.3 Å². The topological polar surface area (TPSA) is 101 Å². The SMILES string of the molecule is C=C(C(=O)[C@H](O)C(C)[C@H]1[C@@H](OC(C)=O)C[C@@]2(C)[C@@H]3CC[C@H]4[C@H](C)C(=O)C=CC45CC35CC[C@]12C)[C@@H](C)CO. The Morgan fingerprint density at radius 3 is 2.50 bits per heavy atom. The van der Waals surface area contributed by atoms with Crippen LogP contribution in [0.4, 0.5) is 0 Å². The maximum Gasteiger partial charge on any atom is 0.302 e. The smallest absolute Gasteiger partial charge is 0.302 e. The molecule has 2 spiro atoms. The van der Waals surface area contributed by atoms with Gasteiger partial charge in [0.1, 0.15) is 12.2 Å². The second kappa shape index (κ2) is 8.86. The van der Waals surface area contributed by atoms with E-state index in [9.17, 15) is 24.6 Å². The summed E-state index contributed by atoms with van der Waals surface area (Å²) in [4.78, 5) is 38.1. The van der Waals surface area contributed by atoms with E-state index in [2.05, 4.69) is 33.4 Å². The van der Waals surface area contributed by atoms with Gasteiger partial charge in [-0.2, -0.15) is 0 Å². The van der Waals surface area contributed by atoms with Gasteiger partial charge in [0.15, 0.2) is 11.6 Å². The molecule has 5 aliphatic rings. The molecule has 0 aromatic heterocycles. The molecule has 4 fully saturated rings. The van der Waals surface area contributed by atoms with Crippen LogP contribution in [-0.4, -0.2) is 46.6 Å². The van der Waals surface area contributed by atoms with Crippen LogP contribution in [0.5, 0.6) is 0 Å². The Kier molecular flexibility index (Phi) is 6.47. The number of hydrogen-bond donors (Lipinski definition) is 2. The fourth-order valence-corrected chi connectivity index (χ4v) is 10.6. The average Bonchev–Trinajstić information content (AvgIpc) is 3.48. The normalized spacial score (nSPS) is 47.1. The molecule has 0 aromatic carbocycles. The molecule has 5 rings (SSSR count). The second-order valence-corrected chi connectivity index (χ2v) is 14.1. The largest absolute Gasteiger partial charge is 0.462 e. The molecule has 210 valence electrons. The first kappa shape index (κ1) is 27.8. The summed E-state index contributed by atoms with van der Waals surface area (Å²) in [5.74, 6) is -0.640. The van der Waals surface area contributed by atoms with Crippen LogP contribution in [0, 0.1) is 57.2 Å². The number of hydrogen-bond acceptors (Lipinski definition) is 6. The van der Waals surface area contributed by atoms with Gasteiger partial charge in [-0.3, -0.25) is 14.4 Å². The van der Waals surface area contributed by atoms with Crippen LogP contribution in [0.15, 0.2) is 24.3 Å². The van der Waals surface area contributed by atoms with Gasteiger partial charge in [-0.25, -0.2) is 0 Å². The number of ether oxygens (including phenoxy) is 1. The Labute approximate surface area is 227 Å².